The molecule has 1 amide bonds. The Balaban J connectivity index is 1.76. The van der Waals surface area contributed by atoms with Crippen LogP contribution in [0.4, 0.5) is 5.69 Å². The van der Waals surface area contributed by atoms with Gasteiger partial charge in [0.2, 0.25) is 5.88 Å². The average molecular weight is 422 g/mol. The lowest BCUT2D eigenvalue weighted by Gasteiger charge is -2.27. The zero-order valence-corrected chi connectivity index (χ0v) is 18.0. The van der Waals surface area contributed by atoms with Crippen molar-refractivity contribution in [3.05, 3.63) is 60.2 Å². The molecule has 0 unspecified atom stereocenters. The van der Waals surface area contributed by atoms with E-state index in [2.05, 4.69) is 15.3 Å². The second-order valence-electron chi connectivity index (χ2n) is 7.70. The van der Waals surface area contributed by atoms with Crippen LogP contribution in [0.2, 0.25) is 0 Å². The molecule has 0 saturated carbocycles. The molecule has 3 rings (SSSR count). The number of methoxy groups -OCH3 is 1. The molecule has 9 heteroatoms. The first kappa shape index (κ1) is 21.8. The Morgan fingerprint density at radius 2 is 2.10 bits per heavy atom. The molecular weight excluding hydrogens is 396 g/mol. The summed E-state index contributed by atoms with van der Waals surface area (Å²) in [6, 6.07) is 8.48. The van der Waals surface area contributed by atoms with E-state index in [1.165, 1.54) is 7.11 Å². The maximum atomic E-state index is 13.0. The van der Waals surface area contributed by atoms with E-state index >= 15 is 0 Å². The molecular formula is C22H26N6O3. The number of anilines is 1. The van der Waals surface area contributed by atoms with Crippen molar-refractivity contribution in [2.75, 3.05) is 19.5 Å². The summed E-state index contributed by atoms with van der Waals surface area (Å²) in [6.07, 6.45) is 4.95. The third-order valence-corrected chi connectivity index (χ3v) is 4.50. The van der Waals surface area contributed by atoms with Crippen molar-refractivity contribution in [3.8, 4) is 17.4 Å². The van der Waals surface area contributed by atoms with Crippen molar-refractivity contribution in [2.45, 2.75) is 26.3 Å². The molecule has 4 N–H and O–H groups in total. The Hall–Kier alpha value is -3.88. The lowest BCUT2D eigenvalue weighted by molar-refractivity contribution is 0.0880. The highest BCUT2D eigenvalue weighted by atomic mass is 16.5. The van der Waals surface area contributed by atoms with E-state index in [1.807, 2.05) is 13.8 Å². The summed E-state index contributed by atoms with van der Waals surface area (Å²) in [6.45, 7) is 5.53. The van der Waals surface area contributed by atoms with Gasteiger partial charge in [-0.15, -0.1) is 0 Å². The van der Waals surface area contributed by atoms with Crippen molar-refractivity contribution >= 4 is 17.3 Å². The molecule has 0 aliphatic carbocycles. The van der Waals surface area contributed by atoms with Crippen molar-refractivity contribution in [1.29, 1.82) is 5.41 Å². The molecule has 9 nitrogen and oxygen atoms in total. The fourth-order valence-electron chi connectivity index (χ4n) is 3.00. The van der Waals surface area contributed by atoms with Gasteiger partial charge >= 0.3 is 0 Å². The van der Waals surface area contributed by atoms with E-state index in [-0.39, 0.29) is 12.5 Å². The minimum atomic E-state index is -0.708. The van der Waals surface area contributed by atoms with Gasteiger partial charge in [-0.1, -0.05) is 6.07 Å². The highest BCUT2D eigenvalue weighted by Crippen LogP contribution is 2.26. The number of carbonyl (C=O) groups excluding carboxylic acids is 1. The number of benzene rings is 1. The summed E-state index contributed by atoms with van der Waals surface area (Å²) in [4.78, 5) is 21.3. The van der Waals surface area contributed by atoms with Crippen LogP contribution in [0, 0.1) is 5.41 Å². The lowest BCUT2D eigenvalue weighted by atomic mass is 10.1. The normalized spacial score (nSPS) is 11.1. The number of nitrogens with two attached hydrogens (primary N) is 1. The maximum absolute atomic E-state index is 13.0. The number of pyridine rings is 1. The Morgan fingerprint density at radius 3 is 2.74 bits per heavy atom. The van der Waals surface area contributed by atoms with Gasteiger partial charge in [0.05, 0.1) is 18.2 Å². The number of amides is 1. The highest BCUT2D eigenvalue weighted by molar-refractivity contribution is 6.03. The predicted molar refractivity (Wildman–Crippen MR) is 118 cm³/mol. The van der Waals surface area contributed by atoms with Crippen LogP contribution in [-0.4, -0.2) is 45.4 Å². The molecule has 2 aromatic heterocycles. The van der Waals surface area contributed by atoms with Crippen LogP contribution in [0.1, 0.15) is 36.7 Å². The van der Waals surface area contributed by atoms with Gasteiger partial charge in [-0.05, 0) is 39.0 Å². The lowest BCUT2D eigenvalue weighted by Crippen LogP contribution is -2.48. The molecule has 0 bridgehead atoms. The fourth-order valence-corrected chi connectivity index (χ4v) is 3.00. The van der Waals surface area contributed by atoms with Crippen molar-refractivity contribution in [3.63, 3.8) is 0 Å². The zero-order valence-electron chi connectivity index (χ0n) is 18.0. The fraction of sp³-hybridized carbons (Fsp3) is 0.273. The van der Waals surface area contributed by atoms with Crippen LogP contribution in [0.3, 0.4) is 0 Å². The largest absolute Gasteiger partial charge is 0.490 e. The van der Waals surface area contributed by atoms with Crippen LogP contribution in [0.25, 0.3) is 5.82 Å². The van der Waals surface area contributed by atoms with Gasteiger partial charge in [-0.3, -0.25) is 9.36 Å². The van der Waals surface area contributed by atoms with Gasteiger partial charge in [-0.2, -0.15) is 4.98 Å². The number of hydrogen-bond acceptors (Lipinski definition) is 7. The van der Waals surface area contributed by atoms with E-state index in [9.17, 15) is 4.79 Å². The number of carbonyl (C=O) groups is 1. The van der Waals surface area contributed by atoms with Crippen LogP contribution in [0.5, 0.6) is 11.6 Å². The van der Waals surface area contributed by atoms with Gasteiger partial charge in [-0.25, -0.2) is 4.98 Å². The summed E-state index contributed by atoms with van der Waals surface area (Å²) in [5, 5.41) is 10.9. The van der Waals surface area contributed by atoms with Gasteiger partial charge < -0.3 is 25.9 Å². The number of hydrogen-bond donors (Lipinski definition) is 3. The van der Waals surface area contributed by atoms with E-state index in [0.29, 0.717) is 40.0 Å². The maximum Gasteiger partial charge on any atom is 0.252 e. The van der Waals surface area contributed by atoms with Crippen LogP contribution >= 0.6 is 0 Å². The van der Waals surface area contributed by atoms with E-state index < -0.39 is 5.54 Å². The third kappa shape index (κ3) is 5.19. The topological polar surface area (TPSA) is 128 Å². The third-order valence-electron chi connectivity index (χ3n) is 4.50. The molecule has 0 radical (unpaired) electrons. The summed E-state index contributed by atoms with van der Waals surface area (Å²) >= 11 is 0. The molecule has 0 saturated heterocycles. The zero-order chi connectivity index (χ0) is 22.6. The van der Waals surface area contributed by atoms with Crippen molar-refractivity contribution in [2.24, 2.45) is 0 Å². The number of aromatic nitrogens is 3. The Kier molecular flexibility index (Phi) is 6.24. The van der Waals surface area contributed by atoms with Crippen LogP contribution in [-0.2, 0) is 0 Å². The van der Waals surface area contributed by atoms with Crippen molar-refractivity contribution in [1.82, 2.24) is 19.9 Å². The minimum absolute atomic E-state index is 0.180. The molecule has 0 aliphatic heterocycles. The van der Waals surface area contributed by atoms with E-state index in [1.54, 1.807) is 60.5 Å². The van der Waals surface area contributed by atoms with Gasteiger partial charge in [0.25, 0.3) is 5.91 Å². The first-order valence-electron chi connectivity index (χ1n) is 9.64. The van der Waals surface area contributed by atoms with Gasteiger partial charge in [0.1, 0.15) is 24.5 Å². The van der Waals surface area contributed by atoms with Crippen LogP contribution < -0.4 is 20.5 Å². The highest BCUT2D eigenvalue weighted by Gasteiger charge is 2.24. The summed E-state index contributed by atoms with van der Waals surface area (Å²) < 4.78 is 12.9. The molecule has 2 heterocycles. The summed E-state index contributed by atoms with van der Waals surface area (Å²) in [7, 11) is 1.49. The first-order chi connectivity index (χ1) is 14.7. The molecule has 0 spiro atoms. The summed E-state index contributed by atoms with van der Waals surface area (Å²) in [5.41, 5.74) is 7.00. The van der Waals surface area contributed by atoms with Crippen LogP contribution in [0.15, 0.2) is 49.1 Å². The number of ether oxygens (including phenoxy) is 2. The minimum Gasteiger partial charge on any atom is -0.490 e. The van der Waals surface area contributed by atoms with Crippen molar-refractivity contribution < 1.29 is 14.3 Å². The summed E-state index contributed by atoms with van der Waals surface area (Å²) in [5.74, 6) is 1.03. The number of imidazole rings is 1. The molecule has 1 aromatic carbocycles. The SMILES string of the molecule is COc1cc(C(=O)NC(C)(C)COc2cccc(N)c2C(C)=N)cc(-n2ccnc2)n1. The van der Waals surface area contributed by atoms with Gasteiger partial charge in [0, 0.05) is 35.4 Å². The van der Waals surface area contributed by atoms with E-state index in [4.69, 9.17) is 20.6 Å². The average Bonchev–Trinajstić information content (AvgIpc) is 3.26. The molecule has 162 valence electrons. The number of nitrogens with zero attached hydrogens (tertiary/aromatic N) is 3. The Labute approximate surface area is 180 Å². The number of nitrogens with one attached hydrogen (secondary N) is 2. The number of rotatable bonds is 8. The molecule has 0 aliphatic rings. The quantitative estimate of drug-likeness (QED) is 0.378. The molecule has 0 atom stereocenters. The molecule has 31 heavy (non-hydrogen) atoms. The second kappa shape index (κ2) is 8.86. The first-order valence-corrected chi connectivity index (χ1v) is 9.64. The Morgan fingerprint density at radius 1 is 1.32 bits per heavy atom. The number of nitrogen functional groups attached to an aromatic ring is 1. The predicted octanol–water partition coefficient (Wildman–Crippen LogP) is 2.83. The standard InChI is InChI=1S/C22H26N6O3/c1-14(23)20-16(24)6-5-7-17(20)31-12-22(2,3)27-21(29)15-10-18(26-19(11-15)30-4)28-9-8-25-13-28/h5-11,13,23H,12,24H2,1-4H3,(H,27,29). The second-order valence-corrected chi connectivity index (χ2v) is 7.70. The smallest absolute Gasteiger partial charge is 0.252 e. The molecule has 0 fully saturated rings. The van der Waals surface area contributed by atoms with E-state index in [0.717, 1.165) is 0 Å². The Bertz CT molecular complexity index is 1090. The van der Waals surface area contributed by atoms with Gasteiger partial charge in [0.15, 0.2) is 0 Å². The monoisotopic (exact) mass is 422 g/mol. The molecule has 3 aromatic rings.